The summed E-state index contributed by atoms with van der Waals surface area (Å²) in [6.07, 6.45) is 1.84. The van der Waals surface area contributed by atoms with Crippen LogP contribution in [0.2, 0.25) is 0 Å². The van der Waals surface area contributed by atoms with Crippen LogP contribution in [0.5, 0.6) is 11.5 Å². The molecule has 0 aliphatic rings. The zero-order valence-electron chi connectivity index (χ0n) is 15.9. The molecule has 136 valence electrons. The molecule has 1 atom stereocenters. The molecule has 0 radical (unpaired) electrons. The Kier molecular flexibility index (Phi) is 7.22. The fraction of sp³-hybridized carbons (Fsp3) is 0.450. The van der Waals surface area contributed by atoms with Crippen molar-refractivity contribution >= 4 is 0 Å². The normalized spacial score (nSPS) is 12.2. The minimum Gasteiger partial charge on any atom is -0.493 e. The Bertz CT molecular complexity index is 674. The second-order valence-corrected chi connectivity index (χ2v) is 6.41. The van der Waals surface area contributed by atoms with E-state index in [1.807, 2.05) is 38.5 Å². The van der Waals surface area contributed by atoms with Crippen LogP contribution in [0.4, 0.5) is 0 Å². The molecule has 5 nitrogen and oxygen atoms in total. The molecule has 0 spiro atoms. The number of likely N-dealkylation sites (N-methyl/N-ethyl adjacent to an activating group) is 1. The van der Waals surface area contributed by atoms with E-state index < -0.39 is 0 Å². The van der Waals surface area contributed by atoms with Crippen molar-refractivity contribution in [3.05, 3.63) is 53.3 Å². The predicted molar refractivity (Wildman–Crippen MR) is 101 cm³/mol. The van der Waals surface area contributed by atoms with E-state index in [1.165, 1.54) is 5.56 Å². The Balaban J connectivity index is 2.09. The molecule has 0 unspecified atom stereocenters. The summed E-state index contributed by atoms with van der Waals surface area (Å²) < 4.78 is 11.5. The monoisotopic (exact) mass is 343 g/mol. The highest BCUT2D eigenvalue weighted by atomic mass is 16.5. The van der Waals surface area contributed by atoms with Gasteiger partial charge in [0, 0.05) is 30.9 Å². The van der Waals surface area contributed by atoms with Crippen LogP contribution in [-0.2, 0) is 6.54 Å². The molecule has 0 saturated carbocycles. The first kappa shape index (κ1) is 19.2. The highest BCUT2D eigenvalue weighted by Gasteiger charge is 2.14. The Morgan fingerprint density at radius 1 is 1.20 bits per heavy atom. The van der Waals surface area contributed by atoms with E-state index in [-0.39, 0.29) is 6.04 Å². The van der Waals surface area contributed by atoms with Gasteiger partial charge in [0.15, 0.2) is 11.5 Å². The van der Waals surface area contributed by atoms with Gasteiger partial charge in [0.2, 0.25) is 0 Å². The van der Waals surface area contributed by atoms with Crippen molar-refractivity contribution in [2.24, 2.45) is 0 Å². The number of nitrogens with one attached hydrogen (secondary N) is 1. The fourth-order valence-electron chi connectivity index (χ4n) is 2.67. The molecule has 0 saturated heterocycles. The minimum atomic E-state index is 0.155. The molecule has 0 fully saturated rings. The molecular formula is C20H29N3O2. The average molecular weight is 343 g/mol. The van der Waals surface area contributed by atoms with Crippen molar-refractivity contribution in [2.75, 3.05) is 34.4 Å². The van der Waals surface area contributed by atoms with E-state index in [0.717, 1.165) is 29.3 Å². The van der Waals surface area contributed by atoms with Crippen molar-refractivity contribution in [2.45, 2.75) is 26.4 Å². The first-order valence-corrected chi connectivity index (χ1v) is 8.61. The van der Waals surface area contributed by atoms with Crippen LogP contribution in [-0.4, -0.2) is 44.2 Å². The topological polar surface area (TPSA) is 46.6 Å². The predicted octanol–water partition coefficient (Wildman–Crippen LogP) is 3.19. The number of hydrogen-bond donors (Lipinski definition) is 1. The minimum absolute atomic E-state index is 0.155. The number of benzene rings is 1. The Morgan fingerprint density at radius 2 is 2.00 bits per heavy atom. The van der Waals surface area contributed by atoms with E-state index in [4.69, 9.17) is 9.47 Å². The summed E-state index contributed by atoms with van der Waals surface area (Å²) in [4.78, 5) is 6.59. The smallest absolute Gasteiger partial charge is 0.165 e. The van der Waals surface area contributed by atoms with Gasteiger partial charge in [-0.25, -0.2) is 0 Å². The zero-order chi connectivity index (χ0) is 18.2. The lowest BCUT2D eigenvalue weighted by molar-refractivity contribution is 0.248. The molecular weight excluding hydrogens is 314 g/mol. The molecule has 2 aromatic rings. The number of para-hydroxylation sites is 1. The molecule has 0 amide bonds. The third kappa shape index (κ3) is 5.44. The van der Waals surface area contributed by atoms with E-state index in [9.17, 15) is 0 Å². The van der Waals surface area contributed by atoms with Gasteiger partial charge < -0.3 is 19.7 Å². The number of aromatic nitrogens is 1. The van der Waals surface area contributed by atoms with Gasteiger partial charge in [0.25, 0.3) is 0 Å². The number of nitrogens with zero attached hydrogens (tertiary/aromatic N) is 2. The Hall–Kier alpha value is -2.11. The van der Waals surface area contributed by atoms with Crippen LogP contribution in [0.25, 0.3) is 0 Å². The van der Waals surface area contributed by atoms with Gasteiger partial charge in [-0.05, 0) is 45.6 Å². The molecule has 1 aromatic heterocycles. The van der Waals surface area contributed by atoms with Gasteiger partial charge in [-0.3, -0.25) is 4.98 Å². The van der Waals surface area contributed by atoms with Gasteiger partial charge in [-0.1, -0.05) is 18.2 Å². The summed E-state index contributed by atoms with van der Waals surface area (Å²) >= 11 is 0. The number of ether oxygens (including phenoxy) is 2. The largest absolute Gasteiger partial charge is 0.493 e. The number of methoxy groups -OCH3 is 1. The molecule has 1 heterocycles. The Morgan fingerprint density at radius 3 is 2.68 bits per heavy atom. The number of aryl methyl sites for hydroxylation is 1. The summed E-state index contributed by atoms with van der Waals surface area (Å²) in [5, 5.41) is 3.54. The van der Waals surface area contributed by atoms with Crippen LogP contribution in [0, 0.1) is 6.92 Å². The van der Waals surface area contributed by atoms with E-state index in [2.05, 4.69) is 41.2 Å². The van der Waals surface area contributed by atoms with Crippen LogP contribution in [0.15, 0.2) is 36.5 Å². The molecule has 0 aliphatic heterocycles. The van der Waals surface area contributed by atoms with Crippen LogP contribution in [0.3, 0.4) is 0 Å². The second-order valence-electron chi connectivity index (χ2n) is 6.41. The van der Waals surface area contributed by atoms with Crippen molar-refractivity contribution in [1.82, 2.24) is 15.2 Å². The molecule has 0 bridgehead atoms. The standard InChI is InChI=1S/C20H29N3O2/c1-15-8-7-11-21-19(15)16(2)22-14-17-9-6-10-18(24-5)20(17)25-13-12-23(3)4/h6-11,16,22H,12-14H2,1-5H3/t16-/m0/s1. The van der Waals surface area contributed by atoms with E-state index >= 15 is 0 Å². The molecule has 1 aromatic carbocycles. The maximum absolute atomic E-state index is 6.01. The summed E-state index contributed by atoms with van der Waals surface area (Å²) in [6, 6.07) is 10.2. The third-order valence-electron chi connectivity index (χ3n) is 4.12. The van der Waals surface area contributed by atoms with E-state index in [1.54, 1.807) is 7.11 Å². The van der Waals surface area contributed by atoms with Gasteiger partial charge in [-0.15, -0.1) is 0 Å². The quantitative estimate of drug-likeness (QED) is 0.758. The lowest BCUT2D eigenvalue weighted by atomic mass is 10.1. The Labute approximate surface area is 151 Å². The van der Waals surface area contributed by atoms with Crippen LogP contribution in [0.1, 0.15) is 29.8 Å². The van der Waals surface area contributed by atoms with Crippen LogP contribution < -0.4 is 14.8 Å². The lowest BCUT2D eigenvalue weighted by Gasteiger charge is -2.19. The van der Waals surface area contributed by atoms with Crippen molar-refractivity contribution in [1.29, 1.82) is 0 Å². The molecule has 0 aliphatic carbocycles. The van der Waals surface area contributed by atoms with Gasteiger partial charge in [0.05, 0.1) is 12.8 Å². The summed E-state index contributed by atoms with van der Waals surface area (Å²) in [5.41, 5.74) is 3.34. The molecule has 25 heavy (non-hydrogen) atoms. The third-order valence-corrected chi connectivity index (χ3v) is 4.12. The SMILES string of the molecule is COc1cccc(CN[C@@H](C)c2ncccc2C)c1OCCN(C)C. The number of hydrogen-bond acceptors (Lipinski definition) is 5. The summed E-state index contributed by atoms with van der Waals surface area (Å²) in [5.74, 6) is 1.57. The molecule has 1 N–H and O–H groups in total. The van der Waals surface area contributed by atoms with Crippen LogP contribution >= 0.6 is 0 Å². The van der Waals surface area contributed by atoms with Gasteiger partial charge in [-0.2, -0.15) is 0 Å². The first-order valence-electron chi connectivity index (χ1n) is 8.61. The van der Waals surface area contributed by atoms with Gasteiger partial charge >= 0.3 is 0 Å². The van der Waals surface area contributed by atoms with Crippen molar-refractivity contribution in [3.63, 3.8) is 0 Å². The molecule has 2 rings (SSSR count). The molecule has 5 heteroatoms. The fourth-order valence-corrected chi connectivity index (χ4v) is 2.67. The summed E-state index contributed by atoms with van der Waals surface area (Å²) in [7, 11) is 5.74. The number of pyridine rings is 1. The lowest BCUT2D eigenvalue weighted by Crippen LogP contribution is -2.22. The van der Waals surface area contributed by atoms with Crippen molar-refractivity contribution in [3.8, 4) is 11.5 Å². The van der Waals surface area contributed by atoms with E-state index in [0.29, 0.717) is 13.2 Å². The highest BCUT2D eigenvalue weighted by molar-refractivity contribution is 5.46. The average Bonchev–Trinajstić information content (AvgIpc) is 2.60. The maximum atomic E-state index is 6.01. The second kappa shape index (κ2) is 9.39. The van der Waals surface area contributed by atoms with Gasteiger partial charge in [0.1, 0.15) is 6.61 Å². The van der Waals surface area contributed by atoms with Crippen molar-refractivity contribution < 1.29 is 9.47 Å². The zero-order valence-corrected chi connectivity index (χ0v) is 15.9. The number of rotatable bonds is 9. The first-order chi connectivity index (χ1) is 12.0. The summed E-state index contributed by atoms with van der Waals surface area (Å²) in [6.45, 7) is 6.37. The highest BCUT2D eigenvalue weighted by Crippen LogP contribution is 2.31. The maximum Gasteiger partial charge on any atom is 0.165 e.